The molecule has 2 aliphatic carbocycles. The Hall–Kier alpha value is -1.67. The second kappa shape index (κ2) is 6.99. The van der Waals surface area contributed by atoms with Crippen LogP contribution < -0.4 is 10.6 Å². The lowest BCUT2D eigenvalue weighted by molar-refractivity contribution is -0.221. The Morgan fingerprint density at radius 3 is 2.50 bits per heavy atom. The molecule has 0 spiro atoms. The van der Waals surface area contributed by atoms with Crippen molar-refractivity contribution >= 4 is 17.9 Å². The number of carbonyl (C=O) groups excluding carboxylic acids is 3. The summed E-state index contributed by atoms with van der Waals surface area (Å²) in [6.07, 6.45) is 3.45. The molecule has 0 amide bonds. The highest BCUT2D eigenvalue weighted by molar-refractivity contribution is 5.85. The molecule has 2 bridgehead atoms. The van der Waals surface area contributed by atoms with Crippen molar-refractivity contribution in [3.63, 3.8) is 0 Å². The van der Waals surface area contributed by atoms with Gasteiger partial charge in [-0.3, -0.25) is 25.0 Å². The summed E-state index contributed by atoms with van der Waals surface area (Å²) in [5.74, 6) is -2.78. The number of fused-ring (bicyclic) bond motifs is 2. The third kappa shape index (κ3) is 3.52. The molecule has 2 heterocycles. The number of esters is 3. The van der Waals surface area contributed by atoms with E-state index in [9.17, 15) is 14.4 Å². The molecule has 2 aliphatic heterocycles. The highest BCUT2D eigenvalue weighted by Gasteiger charge is 2.59. The van der Waals surface area contributed by atoms with Crippen molar-refractivity contribution < 1.29 is 28.6 Å². The lowest BCUT2D eigenvalue weighted by Gasteiger charge is -2.41. The molecule has 4 rings (SSSR count). The second-order valence-electron chi connectivity index (χ2n) is 9.34. The van der Waals surface area contributed by atoms with Crippen LogP contribution in [0.15, 0.2) is 0 Å². The van der Waals surface area contributed by atoms with Gasteiger partial charge in [0, 0.05) is 12.6 Å². The average molecular weight is 394 g/mol. The first-order valence-electron chi connectivity index (χ1n) is 10.3. The van der Waals surface area contributed by atoms with Gasteiger partial charge in [0.05, 0.1) is 23.9 Å². The third-order valence-electron chi connectivity index (χ3n) is 6.94. The molecule has 5 unspecified atom stereocenters. The summed E-state index contributed by atoms with van der Waals surface area (Å²) in [6.45, 7) is 6.40. The lowest BCUT2D eigenvalue weighted by atomic mass is 9.84. The molecule has 156 valence electrons. The summed E-state index contributed by atoms with van der Waals surface area (Å²) < 4.78 is 16.8. The zero-order chi connectivity index (χ0) is 20.1. The molecule has 0 aromatic rings. The largest absolute Gasteiger partial charge is 0.459 e. The summed E-state index contributed by atoms with van der Waals surface area (Å²) in [5, 5.41) is 6.23. The van der Waals surface area contributed by atoms with E-state index in [0.29, 0.717) is 13.1 Å². The van der Waals surface area contributed by atoms with Gasteiger partial charge in [-0.15, -0.1) is 0 Å². The van der Waals surface area contributed by atoms with Crippen LogP contribution in [0.2, 0.25) is 0 Å². The molecule has 28 heavy (non-hydrogen) atoms. The predicted molar refractivity (Wildman–Crippen MR) is 97.3 cm³/mol. The monoisotopic (exact) mass is 394 g/mol. The maximum Gasteiger partial charge on any atom is 0.313 e. The van der Waals surface area contributed by atoms with Gasteiger partial charge in [-0.05, 0) is 51.9 Å². The summed E-state index contributed by atoms with van der Waals surface area (Å²) in [6, 6.07) is 0. The zero-order valence-electron chi connectivity index (χ0n) is 16.8. The van der Waals surface area contributed by atoms with E-state index in [1.165, 1.54) is 0 Å². The van der Waals surface area contributed by atoms with E-state index in [4.69, 9.17) is 14.2 Å². The quantitative estimate of drug-likeness (QED) is 0.675. The maximum absolute atomic E-state index is 13.0. The average Bonchev–Trinajstić information content (AvgIpc) is 3.13. The van der Waals surface area contributed by atoms with Gasteiger partial charge < -0.3 is 14.2 Å². The van der Waals surface area contributed by atoms with Crippen molar-refractivity contribution in [1.82, 2.24) is 10.6 Å². The maximum atomic E-state index is 13.0. The van der Waals surface area contributed by atoms with Crippen molar-refractivity contribution in [1.29, 1.82) is 0 Å². The van der Waals surface area contributed by atoms with Crippen molar-refractivity contribution in [2.75, 3.05) is 6.67 Å². The molecular formula is C20H30N2O6. The standard InChI is InChI=1S/C20H30N2O6/c1-11-8-12-15(17(25)28-19(2)6-4-5-7-19)14(11)16(24)27-18(12)26-13(23)9-20(3)21-10-22-20/h11-12,14-15,18,21-22H,4-10H2,1-3H3. The Bertz CT molecular complexity index is 670. The van der Waals surface area contributed by atoms with Crippen LogP contribution in [0, 0.1) is 23.7 Å². The second-order valence-corrected chi connectivity index (χ2v) is 9.34. The molecule has 2 saturated heterocycles. The van der Waals surface area contributed by atoms with Gasteiger partial charge in [0.25, 0.3) is 6.29 Å². The number of cyclic esters (lactones) is 1. The van der Waals surface area contributed by atoms with Gasteiger partial charge in [-0.1, -0.05) is 6.92 Å². The van der Waals surface area contributed by atoms with E-state index in [2.05, 4.69) is 10.6 Å². The van der Waals surface area contributed by atoms with Gasteiger partial charge in [0.2, 0.25) is 0 Å². The van der Waals surface area contributed by atoms with Crippen LogP contribution in [-0.2, 0) is 28.6 Å². The Morgan fingerprint density at radius 1 is 1.21 bits per heavy atom. The molecule has 5 atom stereocenters. The summed E-state index contributed by atoms with van der Waals surface area (Å²) in [7, 11) is 0. The number of rotatable bonds is 5. The lowest BCUT2D eigenvalue weighted by Crippen LogP contribution is -2.69. The first kappa shape index (κ1) is 19.6. The minimum Gasteiger partial charge on any atom is -0.459 e. The first-order chi connectivity index (χ1) is 13.2. The Kier molecular flexibility index (Phi) is 4.90. The van der Waals surface area contributed by atoms with Crippen LogP contribution in [0.4, 0.5) is 0 Å². The van der Waals surface area contributed by atoms with Crippen LogP contribution in [0.25, 0.3) is 0 Å². The van der Waals surface area contributed by atoms with E-state index in [1.54, 1.807) is 0 Å². The topological polar surface area (TPSA) is 103 Å². The number of ether oxygens (including phenoxy) is 3. The van der Waals surface area contributed by atoms with Crippen molar-refractivity contribution in [3.8, 4) is 0 Å². The van der Waals surface area contributed by atoms with E-state index in [1.807, 2.05) is 20.8 Å². The minimum atomic E-state index is -1.03. The molecule has 8 nitrogen and oxygen atoms in total. The normalized spacial score (nSPS) is 37.7. The summed E-state index contributed by atoms with van der Waals surface area (Å²) in [5.41, 5.74) is -0.958. The van der Waals surface area contributed by atoms with Crippen LogP contribution >= 0.6 is 0 Å². The zero-order valence-corrected chi connectivity index (χ0v) is 16.8. The van der Waals surface area contributed by atoms with Crippen molar-refractivity contribution in [2.45, 2.75) is 76.9 Å². The molecule has 4 aliphatic rings. The Labute approximate surface area is 165 Å². The fourth-order valence-corrected chi connectivity index (χ4v) is 5.23. The predicted octanol–water partition coefficient (Wildman–Crippen LogP) is 1.43. The van der Waals surface area contributed by atoms with E-state index in [-0.39, 0.29) is 24.2 Å². The molecule has 2 saturated carbocycles. The number of nitrogens with one attached hydrogen (secondary N) is 2. The minimum absolute atomic E-state index is 0.0115. The van der Waals surface area contributed by atoms with E-state index in [0.717, 1.165) is 25.7 Å². The van der Waals surface area contributed by atoms with Crippen LogP contribution in [0.1, 0.15) is 59.3 Å². The number of hydrogen-bond donors (Lipinski definition) is 2. The van der Waals surface area contributed by atoms with E-state index < -0.39 is 41.3 Å². The Morgan fingerprint density at radius 2 is 1.89 bits per heavy atom. The van der Waals surface area contributed by atoms with Crippen LogP contribution in [0.3, 0.4) is 0 Å². The molecule has 4 fully saturated rings. The summed E-state index contributed by atoms with van der Waals surface area (Å²) in [4.78, 5) is 38.0. The van der Waals surface area contributed by atoms with Gasteiger partial charge in [0.1, 0.15) is 5.60 Å². The van der Waals surface area contributed by atoms with E-state index >= 15 is 0 Å². The third-order valence-corrected chi connectivity index (χ3v) is 6.94. The molecule has 2 N–H and O–H groups in total. The molecule has 0 radical (unpaired) electrons. The van der Waals surface area contributed by atoms with Crippen molar-refractivity contribution in [3.05, 3.63) is 0 Å². The van der Waals surface area contributed by atoms with Gasteiger partial charge in [-0.2, -0.15) is 0 Å². The van der Waals surface area contributed by atoms with Crippen molar-refractivity contribution in [2.24, 2.45) is 23.7 Å². The number of carbonyl (C=O) groups is 3. The van der Waals surface area contributed by atoms with Crippen LogP contribution in [-0.4, -0.2) is 42.1 Å². The molecule has 0 aromatic heterocycles. The van der Waals surface area contributed by atoms with Gasteiger partial charge in [0.15, 0.2) is 0 Å². The van der Waals surface area contributed by atoms with Gasteiger partial charge >= 0.3 is 17.9 Å². The molecule has 8 heteroatoms. The molecular weight excluding hydrogens is 364 g/mol. The number of hydrogen-bond acceptors (Lipinski definition) is 8. The Balaban J connectivity index is 1.46. The van der Waals surface area contributed by atoms with Crippen LogP contribution in [0.5, 0.6) is 0 Å². The first-order valence-corrected chi connectivity index (χ1v) is 10.3. The fraction of sp³-hybridized carbons (Fsp3) is 0.850. The summed E-state index contributed by atoms with van der Waals surface area (Å²) >= 11 is 0. The fourth-order valence-electron chi connectivity index (χ4n) is 5.23. The highest BCUT2D eigenvalue weighted by Crippen LogP contribution is 2.50. The smallest absolute Gasteiger partial charge is 0.313 e. The SMILES string of the molecule is CC1CC2C(OC(=O)CC3(C)NCN3)OC(=O)C1C2C(=O)OC1(C)CCCC1. The molecule has 0 aromatic carbocycles. The highest BCUT2D eigenvalue weighted by atomic mass is 16.7. The van der Waals surface area contributed by atoms with Gasteiger partial charge in [-0.25, -0.2) is 0 Å².